The third kappa shape index (κ3) is 3.64. The van der Waals surface area contributed by atoms with Crippen LogP contribution in [0, 0.1) is 11.8 Å². The second kappa shape index (κ2) is 7.07. The molecule has 0 spiro atoms. The molecule has 2 atom stereocenters. The molecule has 3 N–H and O–H groups in total. The quantitative estimate of drug-likeness (QED) is 0.294. The Morgan fingerprint density at radius 1 is 1.38 bits per heavy atom. The van der Waals surface area contributed by atoms with Crippen molar-refractivity contribution >= 4 is 23.3 Å². The van der Waals surface area contributed by atoms with Crippen molar-refractivity contribution in [1.29, 1.82) is 0 Å². The molecule has 4 nitrogen and oxygen atoms in total. The predicted octanol–water partition coefficient (Wildman–Crippen LogP) is 3.38. The Balaban J connectivity index is 2.44. The third-order valence-electron chi connectivity index (χ3n) is 3.88. The van der Waals surface area contributed by atoms with Gasteiger partial charge in [-0.2, -0.15) is 0 Å². The van der Waals surface area contributed by atoms with Crippen molar-refractivity contribution in [2.45, 2.75) is 32.1 Å². The molecule has 5 heteroatoms. The summed E-state index contributed by atoms with van der Waals surface area (Å²) in [6.45, 7) is 8.73. The van der Waals surface area contributed by atoms with Crippen LogP contribution >= 0.6 is 11.8 Å². The topological polar surface area (TPSA) is 61.8 Å². The van der Waals surface area contributed by atoms with Crippen molar-refractivity contribution in [3.05, 3.63) is 23.8 Å². The molecule has 0 aliphatic carbocycles. The lowest BCUT2D eigenvalue weighted by atomic mass is 9.91. The van der Waals surface area contributed by atoms with E-state index in [1.165, 1.54) is 6.42 Å². The largest absolute Gasteiger partial charge is 0.409 e. The molecule has 1 aromatic carbocycles. The van der Waals surface area contributed by atoms with E-state index in [1.807, 2.05) is 6.07 Å². The van der Waals surface area contributed by atoms with E-state index in [0.29, 0.717) is 11.8 Å². The van der Waals surface area contributed by atoms with E-state index < -0.39 is 0 Å². The third-order valence-corrected chi connectivity index (χ3v) is 4.82. The summed E-state index contributed by atoms with van der Waals surface area (Å²) in [5.41, 5.74) is 7.92. The SMILES string of the molecule is CCSc1cccc(N2CC(C)CC(C)C2)c1/C(N)=N/O. The summed E-state index contributed by atoms with van der Waals surface area (Å²) in [6, 6.07) is 6.19. The van der Waals surface area contributed by atoms with E-state index in [9.17, 15) is 0 Å². The number of hydrogen-bond donors (Lipinski definition) is 2. The average Bonchev–Trinajstić information content (AvgIpc) is 2.45. The van der Waals surface area contributed by atoms with Gasteiger partial charge in [0.05, 0.1) is 5.56 Å². The molecule has 0 aromatic heterocycles. The smallest absolute Gasteiger partial charge is 0.173 e. The number of amidine groups is 1. The normalized spacial score (nSPS) is 23.4. The van der Waals surface area contributed by atoms with Gasteiger partial charge in [-0.3, -0.25) is 0 Å². The predicted molar refractivity (Wildman–Crippen MR) is 90.5 cm³/mol. The van der Waals surface area contributed by atoms with Gasteiger partial charge in [0.25, 0.3) is 0 Å². The Labute approximate surface area is 131 Å². The highest BCUT2D eigenvalue weighted by Crippen LogP contribution is 2.34. The summed E-state index contributed by atoms with van der Waals surface area (Å²) in [7, 11) is 0. The fraction of sp³-hybridized carbons (Fsp3) is 0.562. The van der Waals surface area contributed by atoms with Crippen molar-refractivity contribution in [1.82, 2.24) is 0 Å². The summed E-state index contributed by atoms with van der Waals surface area (Å²) < 4.78 is 0. The number of thioether (sulfide) groups is 1. The maximum atomic E-state index is 9.14. The van der Waals surface area contributed by atoms with E-state index in [4.69, 9.17) is 10.9 Å². The molecule has 0 bridgehead atoms. The molecule has 2 unspecified atom stereocenters. The zero-order chi connectivity index (χ0) is 15.4. The van der Waals surface area contributed by atoms with E-state index in [2.05, 4.69) is 43.0 Å². The van der Waals surface area contributed by atoms with Crippen LogP contribution in [-0.2, 0) is 0 Å². The van der Waals surface area contributed by atoms with Crippen LogP contribution in [0.3, 0.4) is 0 Å². The highest BCUT2D eigenvalue weighted by Gasteiger charge is 2.25. The molecule has 21 heavy (non-hydrogen) atoms. The Kier molecular flexibility index (Phi) is 5.39. The minimum absolute atomic E-state index is 0.201. The van der Waals surface area contributed by atoms with Crippen molar-refractivity contribution in [2.24, 2.45) is 22.7 Å². The first-order chi connectivity index (χ1) is 10.1. The number of oxime groups is 1. The van der Waals surface area contributed by atoms with Crippen LogP contribution in [0.25, 0.3) is 0 Å². The highest BCUT2D eigenvalue weighted by molar-refractivity contribution is 7.99. The Hall–Kier alpha value is -1.36. The lowest BCUT2D eigenvalue weighted by Gasteiger charge is -2.37. The van der Waals surface area contributed by atoms with Crippen LogP contribution in [0.2, 0.25) is 0 Å². The monoisotopic (exact) mass is 307 g/mol. The van der Waals surface area contributed by atoms with Crippen molar-refractivity contribution in [3.8, 4) is 0 Å². The molecule has 1 aromatic rings. The zero-order valence-corrected chi connectivity index (χ0v) is 13.9. The number of anilines is 1. The summed E-state index contributed by atoms with van der Waals surface area (Å²) in [6.07, 6.45) is 1.26. The van der Waals surface area contributed by atoms with Gasteiger partial charge in [0.2, 0.25) is 0 Å². The summed E-state index contributed by atoms with van der Waals surface area (Å²) >= 11 is 1.73. The van der Waals surface area contributed by atoms with Crippen LogP contribution in [0.4, 0.5) is 5.69 Å². The molecule has 116 valence electrons. The first-order valence-electron chi connectivity index (χ1n) is 7.55. The molecule has 1 heterocycles. The van der Waals surface area contributed by atoms with Gasteiger partial charge >= 0.3 is 0 Å². The molecule has 1 fully saturated rings. The first-order valence-corrected chi connectivity index (χ1v) is 8.54. The van der Waals surface area contributed by atoms with Crippen LogP contribution < -0.4 is 10.6 Å². The van der Waals surface area contributed by atoms with Crippen LogP contribution in [0.15, 0.2) is 28.3 Å². The Bertz CT molecular complexity index is 508. The number of rotatable bonds is 4. The number of nitrogens with two attached hydrogens (primary N) is 1. The van der Waals surface area contributed by atoms with Crippen LogP contribution in [0.1, 0.15) is 32.8 Å². The first kappa shape index (κ1) is 16.0. The molecule has 0 saturated carbocycles. The van der Waals surface area contributed by atoms with Crippen LogP contribution in [0.5, 0.6) is 0 Å². The summed E-state index contributed by atoms with van der Waals surface area (Å²) in [5.74, 6) is 2.49. The van der Waals surface area contributed by atoms with Crippen LogP contribution in [-0.4, -0.2) is 29.9 Å². The van der Waals surface area contributed by atoms with E-state index >= 15 is 0 Å². The molecule has 1 aliphatic rings. The van der Waals surface area contributed by atoms with Crippen molar-refractivity contribution < 1.29 is 5.21 Å². The number of piperidine rings is 1. The molecule has 2 rings (SSSR count). The fourth-order valence-electron chi connectivity index (χ4n) is 3.23. The lowest BCUT2D eigenvalue weighted by molar-refractivity contribution is 0.318. The van der Waals surface area contributed by atoms with Gasteiger partial charge < -0.3 is 15.8 Å². The maximum absolute atomic E-state index is 9.14. The van der Waals surface area contributed by atoms with Gasteiger partial charge in [-0.05, 0) is 36.1 Å². The maximum Gasteiger partial charge on any atom is 0.173 e. The lowest BCUT2D eigenvalue weighted by Crippen LogP contribution is -2.40. The molecule has 1 saturated heterocycles. The Morgan fingerprint density at radius 2 is 2.05 bits per heavy atom. The molecule has 0 radical (unpaired) electrons. The van der Waals surface area contributed by atoms with Crippen molar-refractivity contribution in [2.75, 3.05) is 23.7 Å². The highest BCUT2D eigenvalue weighted by atomic mass is 32.2. The second-order valence-corrected chi connectivity index (χ2v) is 7.23. The summed E-state index contributed by atoms with van der Waals surface area (Å²) in [5, 5.41) is 12.4. The molecular formula is C16H25N3OS. The number of benzene rings is 1. The number of hydrogen-bond acceptors (Lipinski definition) is 4. The minimum Gasteiger partial charge on any atom is -0.409 e. The average molecular weight is 307 g/mol. The Morgan fingerprint density at radius 3 is 2.62 bits per heavy atom. The molecule has 0 amide bonds. The summed E-state index contributed by atoms with van der Waals surface area (Å²) in [4.78, 5) is 3.46. The van der Waals surface area contributed by atoms with Gasteiger partial charge in [-0.25, -0.2) is 0 Å². The fourth-order valence-corrected chi connectivity index (χ4v) is 4.07. The minimum atomic E-state index is 0.201. The molecular weight excluding hydrogens is 282 g/mol. The van der Waals surface area contributed by atoms with E-state index in [-0.39, 0.29) is 5.84 Å². The standard InChI is InChI=1S/C16H25N3OS/c1-4-21-14-7-5-6-13(15(14)16(17)18-20)19-9-11(2)8-12(3)10-19/h5-7,11-12,20H,4,8-10H2,1-3H3,(H2,17,18). The number of nitrogens with zero attached hydrogens (tertiary/aromatic N) is 2. The van der Waals surface area contributed by atoms with Gasteiger partial charge in [-0.1, -0.05) is 32.0 Å². The van der Waals surface area contributed by atoms with Gasteiger partial charge in [0.15, 0.2) is 5.84 Å². The van der Waals surface area contributed by atoms with Gasteiger partial charge in [0, 0.05) is 23.7 Å². The zero-order valence-electron chi connectivity index (χ0n) is 13.0. The van der Waals surface area contributed by atoms with E-state index in [0.717, 1.165) is 35.0 Å². The molecule has 1 aliphatic heterocycles. The van der Waals surface area contributed by atoms with E-state index in [1.54, 1.807) is 11.8 Å². The second-order valence-electron chi connectivity index (χ2n) is 5.92. The van der Waals surface area contributed by atoms with Crippen molar-refractivity contribution in [3.63, 3.8) is 0 Å². The van der Waals surface area contributed by atoms with Gasteiger partial charge in [-0.15, -0.1) is 11.8 Å². The van der Waals surface area contributed by atoms with Gasteiger partial charge in [0.1, 0.15) is 0 Å².